The average molecular weight is 367 g/mol. The maximum Gasteiger partial charge on any atom is 0.321 e. The van der Waals surface area contributed by atoms with E-state index >= 15 is 0 Å². The van der Waals surface area contributed by atoms with Crippen molar-refractivity contribution in [3.05, 3.63) is 54.6 Å². The number of hydrogen-bond donors (Lipinski definition) is 2. The molecule has 0 aliphatic carbocycles. The summed E-state index contributed by atoms with van der Waals surface area (Å²) in [4.78, 5) is 16.8. The number of nitrogens with zero attached hydrogens (tertiary/aromatic N) is 2. The molecule has 2 unspecified atom stereocenters. The summed E-state index contributed by atoms with van der Waals surface area (Å²) in [6.45, 7) is 6.77. The lowest BCUT2D eigenvalue weighted by molar-refractivity contribution is 0.0507. The van der Waals surface area contributed by atoms with Gasteiger partial charge in [-0.1, -0.05) is 49.4 Å². The van der Waals surface area contributed by atoms with E-state index in [4.69, 9.17) is 0 Å². The fraction of sp³-hybridized carbons (Fsp3) is 0.409. The van der Waals surface area contributed by atoms with Crippen molar-refractivity contribution in [2.24, 2.45) is 0 Å². The molecular weight excluding hydrogens is 338 g/mol. The summed E-state index contributed by atoms with van der Waals surface area (Å²) in [6, 6.07) is 18.4. The van der Waals surface area contributed by atoms with Gasteiger partial charge in [-0.25, -0.2) is 4.79 Å². The van der Waals surface area contributed by atoms with Crippen molar-refractivity contribution >= 4 is 11.7 Å². The van der Waals surface area contributed by atoms with Crippen LogP contribution in [0.3, 0.4) is 0 Å². The van der Waals surface area contributed by atoms with Gasteiger partial charge in [0.05, 0.1) is 6.10 Å². The van der Waals surface area contributed by atoms with Crippen LogP contribution in [0.15, 0.2) is 54.6 Å². The summed E-state index contributed by atoms with van der Waals surface area (Å²) < 4.78 is 0. The highest BCUT2D eigenvalue weighted by Gasteiger charge is 2.28. The molecule has 0 aromatic heterocycles. The number of β-amino-alcohol motifs (C(OH)–C–C–N with tert-alkyl or cyclic N) is 1. The van der Waals surface area contributed by atoms with E-state index in [1.54, 1.807) is 0 Å². The molecule has 1 aliphatic rings. The largest absolute Gasteiger partial charge is 0.392 e. The minimum Gasteiger partial charge on any atom is -0.392 e. The van der Waals surface area contributed by atoms with Gasteiger partial charge in [0.25, 0.3) is 0 Å². The molecule has 1 aliphatic heterocycles. The van der Waals surface area contributed by atoms with E-state index in [1.807, 2.05) is 54.3 Å². The molecule has 2 aromatic carbocycles. The Morgan fingerprint density at radius 3 is 2.41 bits per heavy atom. The van der Waals surface area contributed by atoms with Crippen LogP contribution >= 0.6 is 0 Å². The molecule has 2 N–H and O–H groups in total. The maximum atomic E-state index is 12.7. The zero-order valence-corrected chi connectivity index (χ0v) is 16.1. The van der Waals surface area contributed by atoms with Crippen molar-refractivity contribution in [2.75, 3.05) is 31.5 Å². The van der Waals surface area contributed by atoms with Gasteiger partial charge < -0.3 is 15.3 Å². The van der Waals surface area contributed by atoms with Crippen molar-refractivity contribution in [1.82, 2.24) is 9.80 Å². The molecule has 2 atom stereocenters. The number of piperazine rings is 1. The second-order valence-electron chi connectivity index (χ2n) is 7.23. The molecule has 5 nitrogen and oxygen atoms in total. The summed E-state index contributed by atoms with van der Waals surface area (Å²) in [5, 5.41) is 12.7. The Kier molecular flexibility index (Phi) is 6.48. The molecule has 1 saturated heterocycles. The van der Waals surface area contributed by atoms with Gasteiger partial charge >= 0.3 is 6.03 Å². The lowest BCUT2D eigenvalue weighted by Gasteiger charge is -2.41. The Hall–Kier alpha value is -2.37. The molecular formula is C22H29N3O2. The predicted molar refractivity (Wildman–Crippen MR) is 110 cm³/mol. The summed E-state index contributed by atoms with van der Waals surface area (Å²) in [7, 11) is 0. The van der Waals surface area contributed by atoms with Crippen LogP contribution in [0.25, 0.3) is 11.1 Å². The Morgan fingerprint density at radius 1 is 1.11 bits per heavy atom. The van der Waals surface area contributed by atoms with Gasteiger partial charge in [0.15, 0.2) is 0 Å². The van der Waals surface area contributed by atoms with Crippen LogP contribution in [-0.2, 0) is 0 Å². The van der Waals surface area contributed by atoms with Gasteiger partial charge in [-0.15, -0.1) is 0 Å². The van der Waals surface area contributed by atoms with Gasteiger partial charge in [-0.3, -0.25) is 4.90 Å². The standard InChI is InChI=1S/C22H29N3O2/c1-3-21-16-25(14-13-24(21)15-17(2)26)22(27)23-20-11-9-19(10-12-20)18-7-5-4-6-8-18/h4-12,17,21,26H,3,13-16H2,1-2H3,(H,23,27). The monoisotopic (exact) mass is 367 g/mol. The smallest absolute Gasteiger partial charge is 0.321 e. The first-order valence-electron chi connectivity index (χ1n) is 9.70. The Balaban J connectivity index is 1.59. The van der Waals surface area contributed by atoms with Crippen molar-refractivity contribution in [1.29, 1.82) is 0 Å². The molecule has 2 amide bonds. The third-order valence-corrected chi connectivity index (χ3v) is 5.11. The van der Waals surface area contributed by atoms with E-state index in [1.165, 1.54) is 0 Å². The number of carbonyl (C=O) groups is 1. The SMILES string of the molecule is CCC1CN(C(=O)Nc2ccc(-c3ccccc3)cc2)CCN1CC(C)O. The van der Waals surface area contributed by atoms with Gasteiger partial charge in [0.1, 0.15) is 0 Å². The van der Waals surface area contributed by atoms with Crippen molar-refractivity contribution < 1.29 is 9.90 Å². The van der Waals surface area contributed by atoms with E-state index in [-0.39, 0.29) is 12.1 Å². The molecule has 3 rings (SSSR count). The summed E-state index contributed by atoms with van der Waals surface area (Å²) >= 11 is 0. The summed E-state index contributed by atoms with van der Waals surface area (Å²) in [5.74, 6) is 0. The van der Waals surface area contributed by atoms with Crippen LogP contribution in [0.5, 0.6) is 0 Å². The minimum absolute atomic E-state index is 0.0578. The van der Waals surface area contributed by atoms with Gasteiger partial charge in [-0.2, -0.15) is 0 Å². The van der Waals surface area contributed by atoms with E-state index < -0.39 is 0 Å². The zero-order chi connectivity index (χ0) is 19.2. The highest BCUT2D eigenvalue weighted by atomic mass is 16.3. The molecule has 0 saturated carbocycles. The summed E-state index contributed by atoms with van der Waals surface area (Å²) in [6.07, 6.45) is 0.616. The molecule has 0 spiro atoms. The third kappa shape index (κ3) is 5.08. The number of rotatable bonds is 5. The van der Waals surface area contributed by atoms with E-state index in [0.717, 1.165) is 29.8 Å². The molecule has 27 heavy (non-hydrogen) atoms. The number of anilines is 1. The molecule has 5 heteroatoms. The highest BCUT2D eigenvalue weighted by molar-refractivity contribution is 5.89. The van der Waals surface area contributed by atoms with Gasteiger partial charge in [0, 0.05) is 37.9 Å². The number of aliphatic hydroxyl groups is 1. The molecule has 1 heterocycles. The first-order chi connectivity index (χ1) is 13.1. The number of amides is 2. The highest BCUT2D eigenvalue weighted by Crippen LogP contribution is 2.21. The normalized spacial score (nSPS) is 18.9. The fourth-order valence-electron chi connectivity index (χ4n) is 3.62. The first-order valence-corrected chi connectivity index (χ1v) is 9.70. The Morgan fingerprint density at radius 2 is 1.78 bits per heavy atom. The van der Waals surface area contributed by atoms with Crippen LogP contribution in [-0.4, -0.2) is 59.3 Å². The molecule has 0 radical (unpaired) electrons. The Bertz CT molecular complexity index is 731. The van der Waals surface area contributed by atoms with E-state index in [2.05, 4.69) is 29.3 Å². The first kappa shape index (κ1) is 19.4. The molecule has 2 aromatic rings. The second-order valence-corrected chi connectivity index (χ2v) is 7.23. The van der Waals surface area contributed by atoms with E-state index in [0.29, 0.717) is 25.7 Å². The number of benzene rings is 2. The minimum atomic E-state index is -0.345. The zero-order valence-electron chi connectivity index (χ0n) is 16.1. The van der Waals surface area contributed by atoms with Crippen molar-refractivity contribution in [3.8, 4) is 11.1 Å². The van der Waals surface area contributed by atoms with Crippen molar-refractivity contribution in [2.45, 2.75) is 32.4 Å². The van der Waals surface area contributed by atoms with E-state index in [9.17, 15) is 9.90 Å². The molecule has 144 valence electrons. The lowest BCUT2D eigenvalue weighted by atomic mass is 10.1. The molecule has 1 fully saturated rings. The topological polar surface area (TPSA) is 55.8 Å². The molecule has 0 bridgehead atoms. The lowest BCUT2D eigenvalue weighted by Crippen LogP contribution is -2.56. The van der Waals surface area contributed by atoms with Crippen LogP contribution in [0.4, 0.5) is 10.5 Å². The maximum absolute atomic E-state index is 12.7. The van der Waals surface area contributed by atoms with Crippen molar-refractivity contribution in [3.63, 3.8) is 0 Å². The van der Waals surface area contributed by atoms with Gasteiger partial charge in [0.2, 0.25) is 0 Å². The number of hydrogen-bond acceptors (Lipinski definition) is 3. The van der Waals surface area contributed by atoms with Crippen LogP contribution in [0, 0.1) is 0 Å². The second kappa shape index (κ2) is 9.02. The van der Waals surface area contributed by atoms with Crippen LogP contribution in [0.2, 0.25) is 0 Å². The van der Waals surface area contributed by atoms with Gasteiger partial charge in [-0.05, 0) is 36.6 Å². The number of nitrogens with one attached hydrogen (secondary N) is 1. The Labute approximate surface area is 161 Å². The van der Waals surface area contributed by atoms with Crippen LogP contribution < -0.4 is 5.32 Å². The third-order valence-electron chi connectivity index (χ3n) is 5.11. The quantitative estimate of drug-likeness (QED) is 0.848. The number of aliphatic hydroxyl groups excluding tert-OH is 1. The average Bonchev–Trinajstić information content (AvgIpc) is 2.69. The van der Waals surface area contributed by atoms with Crippen LogP contribution in [0.1, 0.15) is 20.3 Å². The number of urea groups is 1. The fourth-order valence-corrected chi connectivity index (χ4v) is 3.62. The number of carbonyl (C=O) groups excluding carboxylic acids is 1. The predicted octanol–water partition coefficient (Wildman–Crippen LogP) is 3.66. The summed E-state index contributed by atoms with van der Waals surface area (Å²) in [5.41, 5.74) is 3.10.